The summed E-state index contributed by atoms with van der Waals surface area (Å²) in [7, 11) is 0. The van der Waals surface area contributed by atoms with Crippen molar-refractivity contribution in [3.8, 4) is 17.3 Å². The third-order valence-corrected chi connectivity index (χ3v) is 3.36. The van der Waals surface area contributed by atoms with E-state index in [-0.39, 0.29) is 15.9 Å². The van der Waals surface area contributed by atoms with Crippen LogP contribution in [0.25, 0.3) is 11.3 Å². The third-order valence-electron chi connectivity index (χ3n) is 2.70. The molecule has 0 atom stereocenters. The predicted octanol–water partition coefficient (Wildman–Crippen LogP) is 3.10. The van der Waals surface area contributed by atoms with E-state index in [4.69, 9.17) is 16.7 Å². The van der Waals surface area contributed by atoms with Gasteiger partial charge in [0.25, 0.3) is 0 Å². The van der Waals surface area contributed by atoms with Gasteiger partial charge in [-0.3, -0.25) is 0 Å². The maximum atomic E-state index is 14.3. The molecule has 0 amide bonds. The fourth-order valence-electron chi connectivity index (χ4n) is 1.78. The van der Waals surface area contributed by atoms with Gasteiger partial charge >= 0.3 is 6.18 Å². The number of hydrogen-bond donors (Lipinski definition) is 2. The summed E-state index contributed by atoms with van der Waals surface area (Å²) >= 11 is 2.94. The number of nitrogens with two attached hydrogens (primary N) is 2. The summed E-state index contributed by atoms with van der Waals surface area (Å²) in [5.41, 5.74) is 8.01. The van der Waals surface area contributed by atoms with Crippen LogP contribution in [-0.2, 0) is 6.18 Å². The van der Waals surface area contributed by atoms with Crippen molar-refractivity contribution in [1.29, 1.82) is 5.26 Å². The van der Waals surface area contributed by atoms with E-state index in [0.29, 0.717) is 6.07 Å². The predicted molar refractivity (Wildman–Crippen MR) is 73.7 cm³/mol. The van der Waals surface area contributed by atoms with E-state index in [9.17, 15) is 17.6 Å². The first kappa shape index (κ1) is 16.0. The summed E-state index contributed by atoms with van der Waals surface area (Å²) in [5, 5.41) is 9.05. The smallest absolute Gasteiger partial charge is 0.382 e. The monoisotopic (exact) mass is 375 g/mol. The van der Waals surface area contributed by atoms with Gasteiger partial charge in [0.1, 0.15) is 23.3 Å². The van der Waals surface area contributed by atoms with Crippen LogP contribution in [-0.4, -0.2) is 9.97 Å². The minimum absolute atomic E-state index is 0.0352. The SMILES string of the molecule is N#Cc1c(N)nc(N)nc1-c1c(Br)ccc(C(F)(F)F)c1F. The molecule has 4 N–H and O–H groups in total. The molecule has 0 spiro atoms. The fourth-order valence-corrected chi connectivity index (χ4v) is 2.27. The lowest BCUT2D eigenvalue weighted by atomic mass is 10.0. The van der Waals surface area contributed by atoms with Crippen molar-refractivity contribution in [3.05, 3.63) is 33.5 Å². The van der Waals surface area contributed by atoms with E-state index in [1.54, 1.807) is 6.07 Å². The van der Waals surface area contributed by atoms with Crippen molar-refractivity contribution in [2.75, 3.05) is 11.5 Å². The molecule has 2 rings (SSSR count). The zero-order valence-corrected chi connectivity index (χ0v) is 12.1. The molecule has 0 bridgehead atoms. The maximum absolute atomic E-state index is 14.3. The molecule has 0 fully saturated rings. The summed E-state index contributed by atoms with van der Waals surface area (Å²) in [6, 6.07) is 3.20. The Balaban J connectivity index is 2.88. The molecule has 0 unspecified atom stereocenters. The van der Waals surface area contributed by atoms with Crippen LogP contribution in [0.2, 0.25) is 0 Å². The zero-order valence-electron chi connectivity index (χ0n) is 10.5. The van der Waals surface area contributed by atoms with Gasteiger partial charge in [0.05, 0.1) is 16.8 Å². The molecule has 10 heteroatoms. The molecule has 1 heterocycles. The Morgan fingerprint density at radius 3 is 2.36 bits per heavy atom. The fraction of sp³-hybridized carbons (Fsp3) is 0.0833. The Labute approximate surface area is 129 Å². The molecule has 0 saturated heterocycles. The second-order valence-electron chi connectivity index (χ2n) is 4.08. The first-order valence-electron chi connectivity index (χ1n) is 5.55. The average molecular weight is 376 g/mol. The molecule has 0 aliphatic rings. The first-order valence-corrected chi connectivity index (χ1v) is 6.34. The van der Waals surface area contributed by atoms with Gasteiger partial charge in [0, 0.05) is 4.47 Å². The number of aromatic nitrogens is 2. The number of nitriles is 1. The lowest BCUT2D eigenvalue weighted by Crippen LogP contribution is -2.11. The highest BCUT2D eigenvalue weighted by Crippen LogP contribution is 2.40. The standard InChI is InChI=1S/C12H6BrF4N5/c13-6-2-1-5(12(15,16)17)8(14)7(6)9-4(3-18)10(19)22-11(20)21-9/h1-2H,(H4,19,20,21,22). The van der Waals surface area contributed by atoms with E-state index < -0.39 is 34.8 Å². The second-order valence-corrected chi connectivity index (χ2v) is 4.94. The Bertz CT molecular complexity index is 798. The van der Waals surface area contributed by atoms with Gasteiger partial charge < -0.3 is 11.5 Å². The van der Waals surface area contributed by atoms with Crippen LogP contribution < -0.4 is 11.5 Å². The highest BCUT2D eigenvalue weighted by atomic mass is 79.9. The molecule has 114 valence electrons. The second kappa shape index (κ2) is 5.42. The highest BCUT2D eigenvalue weighted by molar-refractivity contribution is 9.10. The van der Waals surface area contributed by atoms with E-state index in [2.05, 4.69) is 25.9 Å². The molecular formula is C12H6BrF4N5. The lowest BCUT2D eigenvalue weighted by molar-refractivity contribution is -0.139. The third kappa shape index (κ3) is 2.67. The van der Waals surface area contributed by atoms with Crippen molar-refractivity contribution >= 4 is 27.7 Å². The van der Waals surface area contributed by atoms with Crippen molar-refractivity contribution in [2.45, 2.75) is 6.18 Å². The highest BCUT2D eigenvalue weighted by Gasteiger charge is 2.36. The molecule has 0 saturated carbocycles. The van der Waals surface area contributed by atoms with E-state index in [0.717, 1.165) is 6.07 Å². The summed E-state index contributed by atoms with van der Waals surface area (Å²) in [4.78, 5) is 7.17. The molecule has 22 heavy (non-hydrogen) atoms. The van der Waals surface area contributed by atoms with Crippen LogP contribution in [0, 0.1) is 17.1 Å². The minimum atomic E-state index is -4.91. The maximum Gasteiger partial charge on any atom is 0.419 e. The van der Waals surface area contributed by atoms with Gasteiger partial charge in [-0.25, -0.2) is 9.37 Å². The number of alkyl halides is 3. The number of hydrogen-bond acceptors (Lipinski definition) is 5. The number of nitrogens with zero attached hydrogens (tertiary/aromatic N) is 3. The van der Waals surface area contributed by atoms with Crippen molar-refractivity contribution in [1.82, 2.24) is 9.97 Å². The molecular weight excluding hydrogens is 370 g/mol. The van der Waals surface area contributed by atoms with Crippen molar-refractivity contribution < 1.29 is 17.6 Å². The molecule has 0 radical (unpaired) electrons. The summed E-state index contributed by atoms with van der Waals surface area (Å²) in [5.74, 6) is -2.33. The number of benzene rings is 1. The Morgan fingerprint density at radius 1 is 1.18 bits per heavy atom. The normalized spacial score (nSPS) is 11.3. The summed E-state index contributed by atoms with van der Waals surface area (Å²) < 4.78 is 52.7. The Hall–Kier alpha value is -2.41. The topological polar surface area (TPSA) is 102 Å². The van der Waals surface area contributed by atoms with E-state index in [1.807, 2.05) is 0 Å². The largest absolute Gasteiger partial charge is 0.419 e. The van der Waals surface area contributed by atoms with Gasteiger partial charge in [-0.2, -0.15) is 23.4 Å². The molecule has 0 aliphatic carbocycles. The molecule has 1 aromatic carbocycles. The van der Waals surface area contributed by atoms with Crippen molar-refractivity contribution in [2.24, 2.45) is 0 Å². The lowest BCUT2D eigenvalue weighted by Gasteiger charge is -2.14. The van der Waals surface area contributed by atoms with Gasteiger partial charge in [-0.05, 0) is 28.1 Å². The Kier molecular flexibility index (Phi) is 3.93. The number of anilines is 2. The molecule has 2 aromatic rings. The van der Waals surface area contributed by atoms with Gasteiger partial charge in [-0.15, -0.1) is 0 Å². The number of nitrogen functional groups attached to an aromatic ring is 2. The molecule has 1 aromatic heterocycles. The average Bonchev–Trinajstić information content (AvgIpc) is 2.36. The van der Waals surface area contributed by atoms with Gasteiger partial charge in [0.15, 0.2) is 0 Å². The summed E-state index contributed by atoms with van der Waals surface area (Å²) in [6.07, 6.45) is -4.91. The first-order chi connectivity index (χ1) is 10.2. The molecule has 0 aliphatic heterocycles. The minimum Gasteiger partial charge on any atom is -0.382 e. The quantitative estimate of drug-likeness (QED) is 0.745. The van der Waals surface area contributed by atoms with Crippen LogP contribution in [0.15, 0.2) is 16.6 Å². The van der Waals surface area contributed by atoms with E-state index in [1.165, 1.54) is 0 Å². The van der Waals surface area contributed by atoms with Crippen LogP contribution in [0.4, 0.5) is 29.3 Å². The van der Waals surface area contributed by atoms with Gasteiger partial charge in [0.2, 0.25) is 5.95 Å². The van der Waals surface area contributed by atoms with Crippen LogP contribution in [0.5, 0.6) is 0 Å². The summed E-state index contributed by atoms with van der Waals surface area (Å²) in [6.45, 7) is 0. The number of rotatable bonds is 1. The van der Waals surface area contributed by atoms with Crippen molar-refractivity contribution in [3.63, 3.8) is 0 Å². The van der Waals surface area contributed by atoms with Crippen LogP contribution in [0.1, 0.15) is 11.1 Å². The zero-order chi connectivity index (χ0) is 16.7. The number of halogens is 5. The van der Waals surface area contributed by atoms with E-state index >= 15 is 0 Å². The van der Waals surface area contributed by atoms with Crippen LogP contribution >= 0.6 is 15.9 Å². The Morgan fingerprint density at radius 2 is 1.82 bits per heavy atom. The van der Waals surface area contributed by atoms with Crippen LogP contribution in [0.3, 0.4) is 0 Å². The van der Waals surface area contributed by atoms with Gasteiger partial charge in [-0.1, -0.05) is 0 Å². The molecule has 5 nitrogen and oxygen atoms in total.